The van der Waals surface area contributed by atoms with E-state index in [9.17, 15) is 9.59 Å². The van der Waals surface area contributed by atoms with E-state index >= 15 is 0 Å². The molecule has 2 aromatic carbocycles. The number of nitrogens with zero attached hydrogens (tertiary/aromatic N) is 3. The summed E-state index contributed by atoms with van der Waals surface area (Å²) < 4.78 is 1.90. The van der Waals surface area contributed by atoms with Gasteiger partial charge in [-0.05, 0) is 36.1 Å². The lowest BCUT2D eigenvalue weighted by atomic mass is 9.78. The molecule has 2 heterocycles. The van der Waals surface area contributed by atoms with Gasteiger partial charge in [-0.25, -0.2) is 9.78 Å². The minimum atomic E-state index is -0.838. The zero-order valence-corrected chi connectivity index (χ0v) is 15.3. The van der Waals surface area contributed by atoms with Gasteiger partial charge in [0.25, 0.3) is 5.91 Å². The van der Waals surface area contributed by atoms with Crippen molar-refractivity contribution in [3.63, 3.8) is 0 Å². The third-order valence-corrected chi connectivity index (χ3v) is 5.73. The highest BCUT2D eigenvalue weighted by atomic mass is 16.2. The van der Waals surface area contributed by atoms with Gasteiger partial charge in [0.2, 0.25) is 0 Å². The van der Waals surface area contributed by atoms with Crippen LogP contribution in [0.4, 0.5) is 4.79 Å². The molecule has 140 valence electrons. The summed E-state index contributed by atoms with van der Waals surface area (Å²) in [5.74, 6) is 0.498. The van der Waals surface area contributed by atoms with Crippen LogP contribution in [-0.4, -0.2) is 31.9 Å². The Morgan fingerprint density at radius 1 is 1.00 bits per heavy atom. The number of hydrogen-bond acceptors (Lipinski definition) is 3. The number of rotatable bonds is 3. The van der Waals surface area contributed by atoms with Crippen LogP contribution in [0.5, 0.6) is 0 Å². The van der Waals surface area contributed by atoms with Gasteiger partial charge in [0, 0.05) is 24.5 Å². The predicted octanol–water partition coefficient (Wildman–Crippen LogP) is 2.85. The number of aryl methyl sites for hydroxylation is 1. The summed E-state index contributed by atoms with van der Waals surface area (Å²) in [4.78, 5) is 31.7. The zero-order chi connectivity index (χ0) is 19.1. The Morgan fingerprint density at radius 3 is 2.57 bits per heavy atom. The SMILES string of the molecule is O=C1N[C@@]2(CCc3ccccc3C2)C(=O)N1Cc1nccn1-c1ccccc1. The molecule has 6 nitrogen and oxygen atoms in total. The Balaban J connectivity index is 1.42. The van der Waals surface area contributed by atoms with Gasteiger partial charge in [0.15, 0.2) is 0 Å². The number of imide groups is 1. The highest BCUT2D eigenvalue weighted by Crippen LogP contribution is 2.34. The number of para-hydroxylation sites is 1. The molecule has 1 saturated heterocycles. The number of hydrogen-bond donors (Lipinski definition) is 1. The van der Waals surface area contributed by atoms with Crippen molar-refractivity contribution in [2.24, 2.45) is 0 Å². The summed E-state index contributed by atoms with van der Waals surface area (Å²) in [6.07, 6.45) is 5.48. The third-order valence-electron chi connectivity index (χ3n) is 5.73. The Labute approximate surface area is 162 Å². The third kappa shape index (κ3) is 2.60. The first-order valence-corrected chi connectivity index (χ1v) is 9.45. The molecular weight excluding hydrogens is 352 g/mol. The Kier molecular flexibility index (Phi) is 3.79. The summed E-state index contributed by atoms with van der Waals surface area (Å²) in [5, 5.41) is 2.98. The van der Waals surface area contributed by atoms with Crippen LogP contribution in [0.3, 0.4) is 0 Å². The molecule has 0 radical (unpaired) electrons. The van der Waals surface area contributed by atoms with Crippen molar-refractivity contribution in [2.75, 3.05) is 0 Å². The first-order chi connectivity index (χ1) is 13.7. The molecule has 0 saturated carbocycles. The van der Waals surface area contributed by atoms with Gasteiger partial charge in [-0.1, -0.05) is 42.5 Å². The molecule has 6 heteroatoms. The van der Waals surface area contributed by atoms with E-state index in [1.165, 1.54) is 10.5 Å². The standard InChI is InChI=1S/C22H20N4O2/c27-20-22(11-10-16-6-4-5-7-17(16)14-22)24-21(28)26(20)15-19-23-12-13-25(19)18-8-2-1-3-9-18/h1-9,12-13H,10-11,14-15H2,(H,24,28)/t22-/m1/s1. The van der Waals surface area contributed by atoms with Crippen LogP contribution in [0.25, 0.3) is 5.69 Å². The quantitative estimate of drug-likeness (QED) is 0.719. The second-order valence-electron chi connectivity index (χ2n) is 7.40. The van der Waals surface area contributed by atoms with Crippen molar-refractivity contribution in [1.29, 1.82) is 0 Å². The van der Waals surface area contributed by atoms with E-state index in [1.807, 2.05) is 59.3 Å². The van der Waals surface area contributed by atoms with E-state index < -0.39 is 5.54 Å². The van der Waals surface area contributed by atoms with Gasteiger partial charge < -0.3 is 9.88 Å². The highest BCUT2D eigenvalue weighted by Gasteiger charge is 2.52. The van der Waals surface area contributed by atoms with E-state index in [0.717, 1.165) is 17.7 Å². The first-order valence-electron chi connectivity index (χ1n) is 9.45. The lowest BCUT2D eigenvalue weighted by Crippen LogP contribution is -2.51. The summed E-state index contributed by atoms with van der Waals surface area (Å²) in [5.41, 5.74) is 2.50. The number of urea groups is 1. The largest absolute Gasteiger partial charge is 0.325 e. The van der Waals surface area contributed by atoms with Crippen LogP contribution >= 0.6 is 0 Å². The predicted molar refractivity (Wildman–Crippen MR) is 104 cm³/mol. The summed E-state index contributed by atoms with van der Waals surface area (Å²) in [7, 11) is 0. The second kappa shape index (κ2) is 6.34. The molecule has 1 fully saturated rings. The minimum absolute atomic E-state index is 0.149. The summed E-state index contributed by atoms with van der Waals surface area (Å²) in [6, 6.07) is 17.6. The van der Waals surface area contributed by atoms with E-state index in [-0.39, 0.29) is 18.5 Å². The maximum absolute atomic E-state index is 13.3. The Morgan fingerprint density at radius 2 is 1.75 bits per heavy atom. The molecule has 1 N–H and O–H groups in total. The summed E-state index contributed by atoms with van der Waals surface area (Å²) in [6.45, 7) is 0.149. The van der Waals surface area contributed by atoms with Gasteiger partial charge in [-0.3, -0.25) is 9.69 Å². The van der Waals surface area contributed by atoms with Crippen molar-refractivity contribution in [2.45, 2.75) is 31.3 Å². The second-order valence-corrected chi connectivity index (χ2v) is 7.40. The number of fused-ring (bicyclic) bond motifs is 1. The molecule has 1 aliphatic carbocycles. The van der Waals surface area contributed by atoms with Crippen LogP contribution in [-0.2, 0) is 24.2 Å². The first kappa shape index (κ1) is 16.7. The van der Waals surface area contributed by atoms with Crippen molar-refractivity contribution in [1.82, 2.24) is 19.8 Å². The number of imidazole rings is 1. The molecule has 1 spiro atoms. The highest BCUT2D eigenvalue weighted by molar-refractivity contribution is 6.07. The van der Waals surface area contributed by atoms with E-state index in [1.54, 1.807) is 6.20 Å². The lowest BCUT2D eigenvalue weighted by Gasteiger charge is -2.32. The van der Waals surface area contributed by atoms with Crippen LogP contribution in [0.1, 0.15) is 23.4 Å². The molecular formula is C22H20N4O2. The lowest BCUT2D eigenvalue weighted by molar-refractivity contribution is -0.132. The van der Waals surface area contributed by atoms with Crippen molar-refractivity contribution < 1.29 is 9.59 Å². The van der Waals surface area contributed by atoms with E-state index in [0.29, 0.717) is 18.7 Å². The van der Waals surface area contributed by atoms with E-state index in [4.69, 9.17) is 0 Å². The van der Waals surface area contributed by atoms with Gasteiger partial charge in [-0.15, -0.1) is 0 Å². The van der Waals surface area contributed by atoms with Crippen LogP contribution in [0, 0.1) is 0 Å². The smallest absolute Gasteiger partial charge is 0.323 e. The normalized spacial score (nSPS) is 21.1. The fourth-order valence-corrected chi connectivity index (χ4v) is 4.26. The average Bonchev–Trinajstić information content (AvgIpc) is 3.28. The van der Waals surface area contributed by atoms with Crippen LogP contribution < -0.4 is 5.32 Å². The number of aromatic nitrogens is 2. The maximum Gasteiger partial charge on any atom is 0.325 e. The number of nitrogens with one attached hydrogen (secondary N) is 1. The molecule has 0 unspecified atom stereocenters. The average molecular weight is 372 g/mol. The number of carbonyl (C=O) groups is 2. The van der Waals surface area contributed by atoms with E-state index in [2.05, 4.69) is 16.4 Å². The van der Waals surface area contributed by atoms with Gasteiger partial charge in [0.05, 0.1) is 6.54 Å². The summed E-state index contributed by atoms with van der Waals surface area (Å²) >= 11 is 0. The molecule has 0 bridgehead atoms. The molecule has 3 aromatic rings. The van der Waals surface area contributed by atoms with Crippen molar-refractivity contribution in [3.8, 4) is 5.69 Å². The molecule has 1 atom stereocenters. The van der Waals surface area contributed by atoms with Gasteiger partial charge in [0.1, 0.15) is 11.4 Å². The van der Waals surface area contributed by atoms with Crippen LogP contribution in [0.15, 0.2) is 67.0 Å². The number of amides is 3. The van der Waals surface area contributed by atoms with Crippen LogP contribution in [0.2, 0.25) is 0 Å². The number of carbonyl (C=O) groups excluding carboxylic acids is 2. The Bertz CT molecular complexity index is 1060. The van der Waals surface area contributed by atoms with Crippen molar-refractivity contribution >= 4 is 11.9 Å². The molecule has 1 aromatic heterocycles. The fraction of sp³-hybridized carbons (Fsp3) is 0.227. The van der Waals surface area contributed by atoms with Gasteiger partial charge >= 0.3 is 6.03 Å². The zero-order valence-electron chi connectivity index (χ0n) is 15.3. The maximum atomic E-state index is 13.3. The monoisotopic (exact) mass is 372 g/mol. The molecule has 2 aliphatic rings. The molecule has 28 heavy (non-hydrogen) atoms. The van der Waals surface area contributed by atoms with Crippen molar-refractivity contribution in [3.05, 3.63) is 83.9 Å². The topological polar surface area (TPSA) is 67.2 Å². The molecule has 3 amide bonds. The number of benzene rings is 2. The molecule has 5 rings (SSSR count). The Hall–Kier alpha value is -3.41. The molecule has 1 aliphatic heterocycles. The van der Waals surface area contributed by atoms with Gasteiger partial charge in [-0.2, -0.15) is 0 Å². The minimum Gasteiger partial charge on any atom is -0.323 e. The fourth-order valence-electron chi connectivity index (χ4n) is 4.26.